The highest BCUT2D eigenvalue weighted by molar-refractivity contribution is 14.1. The minimum atomic E-state index is -0.875. The molecule has 0 radical (unpaired) electrons. The molecule has 1 heterocycles. The van der Waals surface area contributed by atoms with Crippen molar-refractivity contribution in [3.05, 3.63) is 26.2 Å². The average Bonchev–Trinajstić information content (AvgIpc) is 2.77. The molecule has 2 rings (SSSR count). The van der Waals surface area contributed by atoms with Crippen molar-refractivity contribution in [1.82, 2.24) is 20.2 Å². The van der Waals surface area contributed by atoms with Crippen molar-refractivity contribution >= 4 is 44.5 Å². The van der Waals surface area contributed by atoms with Crippen molar-refractivity contribution in [1.29, 1.82) is 0 Å². The summed E-state index contributed by atoms with van der Waals surface area (Å²) in [5, 5.41) is 20.0. The molecule has 1 aromatic heterocycles. The maximum absolute atomic E-state index is 10.6. The molecule has 0 aliphatic heterocycles. The van der Waals surface area contributed by atoms with Crippen molar-refractivity contribution in [3.63, 3.8) is 0 Å². The van der Waals surface area contributed by atoms with Crippen LogP contribution in [0, 0.1) is 3.57 Å². The van der Waals surface area contributed by atoms with Gasteiger partial charge in [-0.25, -0.2) is 4.68 Å². The Kier molecular flexibility index (Phi) is 4.27. The van der Waals surface area contributed by atoms with Crippen LogP contribution in [0.1, 0.15) is 6.42 Å². The van der Waals surface area contributed by atoms with Crippen LogP contribution < -0.4 is 0 Å². The lowest BCUT2D eigenvalue weighted by Gasteiger charge is -2.05. The van der Waals surface area contributed by atoms with Crippen molar-refractivity contribution in [2.75, 3.05) is 0 Å². The second kappa shape index (κ2) is 5.74. The van der Waals surface area contributed by atoms with Gasteiger partial charge >= 0.3 is 5.97 Å². The number of aliphatic carboxylic acids is 1. The van der Waals surface area contributed by atoms with Crippen molar-refractivity contribution < 1.29 is 9.90 Å². The van der Waals surface area contributed by atoms with E-state index in [2.05, 4.69) is 54.0 Å². The van der Waals surface area contributed by atoms with Gasteiger partial charge in [-0.05, 0) is 51.2 Å². The summed E-state index contributed by atoms with van der Waals surface area (Å²) in [5.74, 6) is -0.303. The number of hydrogen-bond donors (Lipinski definition) is 1. The summed E-state index contributed by atoms with van der Waals surface area (Å²) in [7, 11) is 0. The Morgan fingerprint density at radius 2 is 2.28 bits per heavy atom. The Labute approximate surface area is 125 Å². The first kappa shape index (κ1) is 13.4. The van der Waals surface area contributed by atoms with Crippen molar-refractivity contribution in [2.45, 2.75) is 13.0 Å². The molecule has 0 spiro atoms. The summed E-state index contributed by atoms with van der Waals surface area (Å²) >= 11 is 5.58. The number of hydrogen-bond acceptors (Lipinski definition) is 4. The van der Waals surface area contributed by atoms with Gasteiger partial charge < -0.3 is 5.11 Å². The molecule has 0 aliphatic rings. The summed E-state index contributed by atoms with van der Waals surface area (Å²) in [6.45, 7) is 0.250. The topological polar surface area (TPSA) is 80.9 Å². The van der Waals surface area contributed by atoms with Crippen LogP contribution in [0.15, 0.2) is 22.7 Å². The number of rotatable bonds is 4. The summed E-state index contributed by atoms with van der Waals surface area (Å²) in [6, 6.07) is 5.78. The summed E-state index contributed by atoms with van der Waals surface area (Å²) in [6.07, 6.45) is -0.0113. The van der Waals surface area contributed by atoms with Gasteiger partial charge in [-0.2, -0.15) is 0 Å². The molecule has 0 aliphatic carbocycles. The van der Waals surface area contributed by atoms with Gasteiger partial charge in [-0.15, -0.1) is 5.10 Å². The summed E-state index contributed by atoms with van der Waals surface area (Å²) < 4.78 is 3.42. The maximum atomic E-state index is 10.6. The minimum Gasteiger partial charge on any atom is -0.481 e. The normalized spacial score (nSPS) is 10.6. The molecule has 8 heteroatoms. The van der Waals surface area contributed by atoms with E-state index in [9.17, 15) is 4.79 Å². The summed E-state index contributed by atoms with van der Waals surface area (Å²) in [5.41, 5.74) is 0.875. The Bertz CT molecular complexity index is 587. The van der Waals surface area contributed by atoms with Crippen LogP contribution in [0.3, 0.4) is 0 Å². The van der Waals surface area contributed by atoms with Crippen LogP contribution in [0.2, 0.25) is 0 Å². The first-order valence-corrected chi connectivity index (χ1v) is 6.88. The zero-order valence-electron chi connectivity index (χ0n) is 9.05. The fraction of sp³-hybridized carbons (Fsp3) is 0.200. The van der Waals surface area contributed by atoms with Crippen LogP contribution in [0.25, 0.3) is 11.4 Å². The fourth-order valence-electron chi connectivity index (χ4n) is 1.42. The van der Waals surface area contributed by atoms with Gasteiger partial charge in [0.25, 0.3) is 0 Å². The third-order valence-corrected chi connectivity index (χ3v) is 3.67. The highest BCUT2D eigenvalue weighted by atomic mass is 127. The van der Waals surface area contributed by atoms with Crippen LogP contribution in [0.5, 0.6) is 0 Å². The van der Waals surface area contributed by atoms with Gasteiger partial charge in [0.2, 0.25) is 0 Å². The van der Waals surface area contributed by atoms with E-state index in [1.54, 1.807) is 0 Å². The number of halogens is 2. The second-order valence-electron chi connectivity index (χ2n) is 3.49. The second-order valence-corrected chi connectivity index (χ2v) is 5.57. The van der Waals surface area contributed by atoms with Gasteiger partial charge in [0, 0.05) is 13.6 Å². The fourth-order valence-corrected chi connectivity index (χ4v) is 2.36. The van der Waals surface area contributed by atoms with E-state index < -0.39 is 5.97 Å². The number of tetrazole rings is 1. The molecule has 0 fully saturated rings. The number of benzene rings is 1. The van der Waals surface area contributed by atoms with Gasteiger partial charge in [0.05, 0.1) is 13.0 Å². The lowest BCUT2D eigenvalue weighted by Crippen LogP contribution is -2.08. The number of carboxylic acid groups (broad SMARTS) is 1. The molecule has 0 bridgehead atoms. The number of carboxylic acids is 1. The molecule has 2 aromatic rings. The SMILES string of the molecule is O=C(O)CCn1nnnc1-c1cc(Br)ccc1I. The minimum absolute atomic E-state index is 0.0113. The van der Waals surface area contributed by atoms with Crippen molar-refractivity contribution in [2.24, 2.45) is 0 Å². The van der Waals surface area contributed by atoms with E-state index in [-0.39, 0.29) is 13.0 Å². The van der Waals surface area contributed by atoms with Crippen LogP contribution in [0.4, 0.5) is 0 Å². The lowest BCUT2D eigenvalue weighted by molar-refractivity contribution is -0.137. The largest absolute Gasteiger partial charge is 0.481 e. The average molecular weight is 423 g/mol. The molecule has 1 aromatic carbocycles. The number of nitrogens with zero attached hydrogens (tertiary/aromatic N) is 4. The predicted molar refractivity (Wildman–Crippen MR) is 75.9 cm³/mol. The molecular formula is C10H8BrIN4O2. The van der Waals surface area contributed by atoms with Gasteiger partial charge in [-0.1, -0.05) is 15.9 Å². The monoisotopic (exact) mass is 422 g/mol. The zero-order chi connectivity index (χ0) is 13.1. The van der Waals surface area contributed by atoms with Crippen LogP contribution in [-0.4, -0.2) is 31.3 Å². The number of aryl methyl sites for hydroxylation is 1. The zero-order valence-corrected chi connectivity index (χ0v) is 12.8. The molecule has 94 valence electrons. The first-order chi connectivity index (χ1) is 8.58. The smallest absolute Gasteiger partial charge is 0.305 e. The van der Waals surface area contributed by atoms with Crippen LogP contribution >= 0.6 is 38.5 Å². The highest BCUT2D eigenvalue weighted by Gasteiger charge is 2.13. The lowest BCUT2D eigenvalue weighted by atomic mass is 10.2. The Morgan fingerprint density at radius 3 is 3.00 bits per heavy atom. The Hall–Kier alpha value is -1.03. The van der Waals surface area contributed by atoms with Crippen molar-refractivity contribution in [3.8, 4) is 11.4 Å². The molecule has 0 atom stereocenters. The van der Waals surface area contributed by atoms with E-state index >= 15 is 0 Å². The molecular weight excluding hydrogens is 415 g/mol. The molecule has 0 saturated carbocycles. The van der Waals surface area contributed by atoms with Gasteiger partial charge in [0.15, 0.2) is 5.82 Å². The number of aromatic nitrogens is 4. The van der Waals surface area contributed by atoms with E-state index in [0.717, 1.165) is 13.6 Å². The molecule has 6 nitrogen and oxygen atoms in total. The van der Waals surface area contributed by atoms with E-state index in [4.69, 9.17) is 5.11 Å². The molecule has 0 saturated heterocycles. The first-order valence-electron chi connectivity index (χ1n) is 5.01. The van der Waals surface area contributed by atoms with E-state index in [1.807, 2.05) is 18.2 Å². The molecule has 18 heavy (non-hydrogen) atoms. The Balaban J connectivity index is 2.36. The highest BCUT2D eigenvalue weighted by Crippen LogP contribution is 2.26. The van der Waals surface area contributed by atoms with Crippen LogP contribution in [-0.2, 0) is 11.3 Å². The third-order valence-electron chi connectivity index (χ3n) is 2.24. The summed E-state index contributed by atoms with van der Waals surface area (Å²) in [4.78, 5) is 10.6. The van der Waals surface area contributed by atoms with Gasteiger partial charge in [-0.3, -0.25) is 4.79 Å². The van der Waals surface area contributed by atoms with E-state index in [1.165, 1.54) is 4.68 Å². The maximum Gasteiger partial charge on any atom is 0.305 e. The molecule has 1 N–H and O–H groups in total. The quantitative estimate of drug-likeness (QED) is 0.764. The molecule has 0 amide bonds. The standard InChI is InChI=1S/C10H8BrIN4O2/c11-6-1-2-8(12)7(5-6)10-13-14-15-16(10)4-3-9(17)18/h1-2,5H,3-4H2,(H,17,18). The third kappa shape index (κ3) is 3.05. The Morgan fingerprint density at radius 1 is 1.50 bits per heavy atom. The predicted octanol–water partition coefficient (Wildman–Crippen LogP) is 2.18. The molecule has 0 unspecified atom stereocenters. The van der Waals surface area contributed by atoms with Gasteiger partial charge in [0.1, 0.15) is 0 Å². The number of carbonyl (C=O) groups is 1. The van der Waals surface area contributed by atoms with E-state index in [0.29, 0.717) is 5.82 Å².